The summed E-state index contributed by atoms with van der Waals surface area (Å²) in [6.07, 6.45) is 0. The van der Waals surface area contributed by atoms with Gasteiger partial charge in [0.2, 0.25) is 10.0 Å². The molecule has 0 heterocycles. The van der Waals surface area contributed by atoms with Gasteiger partial charge in [0.15, 0.2) is 0 Å². The van der Waals surface area contributed by atoms with Gasteiger partial charge in [0.1, 0.15) is 5.75 Å². The van der Waals surface area contributed by atoms with Crippen LogP contribution in [0.4, 0.5) is 0 Å². The highest BCUT2D eigenvalue weighted by atomic mass is 32.2. The summed E-state index contributed by atoms with van der Waals surface area (Å²) in [5, 5.41) is 9.11. The summed E-state index contributed by atoms with van der Waals surface area (Å²) in [5.74, 6) is 0.605. The van der Waals surface area contributed by atoms with Crippen molar-refractivity contribution in [1.29, 1.82) is 0 Å². The lowest BCUT2D eigenvalue weighted by atomic mass is 10.1. The second-order valence-electron chi connectivity index (χ2n) is 4.78. The van der Waals surface area contributed by atoms with Crippen molar-refractivity contribution in [3.63, 3.8) is 0 Å². The zero-order valence-electron chi connectivity index (χ0n) is 11.0. The molecule has 0 aliphatic heterocycles. The van der Waals surface area contributed by atoms with Crippen LogP contribution in [0, 0.1) is 6.92 Å². The Morgan fingerprint density at radius 3 is 2.44 bits per heavy atom. The van der Waals surface area contributed by atoms with Gasteiger partial charge in [0.25, 0.3) is 0 Å². The number of benzene rings is 1. The molecule has 0 atom stereocenters. The Morgan fingerprint density at radius 2 is 2.00 bits per heavy atom. The normalized spacial score (nSPS) is 12.5. The number of ether oxygens (including phenoxy) is 1. The zero-order chi connectivity index (χ0) is 14.0. The quantitative estimate of drug-likeness (QED) is 0.841. The van der Waals surface area contributed by atoms with Crippen LogP contribution in [0.15, 0.2) is 23.1 Å². The average Bonchev–Trinajstić information content (AvgIpc) is 2.27. The Morgan fingerprint density at radius 1 is 1.39 bits per heavy atom. The third-order valence-electron chi connectivity index (χ3n) is 2.48. The minimum absolute atomic E-state index is 0.185. The molecule has 0 fully saturated rings. The van der Waals surface area contributed by atoms with Crippen LogP contribution in [0.2, 0.25) is 0 Å². The molecule has 0 aliphatic rings. The fraction of sp³-hybridized carbons (Fsp3) is 0.500. The molecule has 0 aliphatic carbocycles. The van der Waals surface area contributed by atoms with Crippen molar-refractivity contribution in [1.82, 2.24) is 4.72 Å². The number of aryl methyl sites for hydroxylation is 1. The first-order valence-electron chi connectivity index (χ1n) is 5.51. The summed E-state index contributed by atoms with van der Waals surface area (Å²) in [4.78, 5) is 0.185. The van der Waals surface area contributed by atoms with Crippen molar-refractivity contribution in [3.8, 4) is 5.75 Å². The van der Waals surface area contributed by atoms with E-state index in [0.29, 0.717) is 11.3 Å². The summed E-state index contributed by atoms with van der Waals surface area (Å²) < 4.78 is 31.8. The third-order valence-corrected chi connectivity index (χ3v) is 4.34. The Bertz CT molecular complexity index is 523. The van der Waals surface area contributed by atoms with Gasteiger partial charge < -0.3 is 9.84 Å². The van der Waals surface area contributed by atoms with Crippen LogP contribution < -0.4 is 9.46 Å². The summed E-state index contributed by atoms with van der Waals surface area (Å²) >= 11 is 0. The lowest BCUT2D eigenvalue weighted by Gasteiger charge is -2.23. The Hall–Kier alpha value is -1.11. The van der Waals surface area contributed by atoms with E-state index in [4.69, 9.17) is 9.84 Å². The van der Waals surface area contributed by atoms with Crippen LogP contribution in [0.1, 0.15) is 19.4 Å². The number of hydrogen-bond donors (Lipinski definition) is 2. The molecule has 18 heavy (non-hydrogen) atoms. The molecular formula is C12H19NO4S. The SMILES string of the molecule is COc1ccc(S(=O)(=O)NC(C)(C)CO)c(C)c1. The fourth-order valence-corrected chi connectivity index (χ4v) is 3.13. The van der Waals surface area contributed by atoms with E-state index in [1.165, 1.54) is 13.2 Å². The number of rotatable bonds is 5. The molecule has 5 nitrogen and oxygen atoms in total. The number of aliphatic hydroxyl groups excluding tert-OH is 1. The minimum atomic E-state index is -3.65. The van der Waals surface area contributed by atoms with Crippen LogP contribution in [-0.2, 0) is 10.0 Å². The minimum Gasteiger partial charge on any atom is -0.497 e. The first kappa shape index (κ1) is 14.9. The molecule has 0 aromatic heterocycles. The summed E-state index contributed by atoms with van der Waals surface area (Å²) in [7, 11) is -2.13. The van der Waals surface area contributed by atoms with E-state index in [0.717, 1.165) is 0 Å². The van der Waals surface area contributed by atoms with Crippen molar-refractivity contribution in [2.45, 2.75) is 31.2 Å². The standard InChI is InChI=1S/C12H19NO4S/c1-9-7-10(17-4)5-6-11(9)18(15,16)13-12(2,3)8-14/h5-7,13-14H,8H2,1-4H3. The van der Waals surface area contributed by atoms with Gasteiger partial charge in [-0.15, -0.1) is 0 Å². The number of nitrogens with one attached hydrogen (secondary N) is 1. The maximum Gasteiger partial charge on any atom is 0.241 e. The highest BCUT2D eigenvalue weighted by Gasteiger charge is 2.26. The molecule has 102 valence electrons. The smallest absolute Gasteiger partial charge is 0.241 e. The van der Waals surface area contributed by atoms with Crippen LogP contribution in [0.5, 0.6) is 5.75 Å². The van der Waals surface area contributed by atoms with Gasteiger partial charge in [-0.05, 0) is 44.5 Å². The van der Waals surface area contributed by atoms with E-state index in [1.54, 1.807) is 32.9 Å². The van der Waals surface area contributed by atoms with Gasteiger partial charge in [-0.25, -0.2) is 13.1 Å². The molecule has 0 radical (unpaired) electrons. The summed E-state index contributed by atoms with van der Waals surface area (Å²) in [6, 6.07) is 4.73. The van der Waals surface area contributed by atoms with Crippen LogP contribution >= 0.6 is 0 Å². The number of sulfonamides is 1. The van der Waals surface area contributed by atoms with E-state index in [-0.39, 0.29) is 11.5 Å². The summed E-state index contributed by atoms with van der Waals surface area (Å²) in [6.45, 7) is 4.65. The lowest BCUT2D eigenvalue weighted by Crippen LogP contribution is -2.46. The topological polar surface area (TPSA) is 75.6 Å². The van der Waals surface area contributed by atoms with Gasteiger partial charge >= 0.3 is 0 Å². The summed E-state index contributed by atoms with van der Waals surface area (Å²) in [5.41, 5.74) is -0.304. The Labute approximate surface area is 108 Å². The van der Waals surface area contributed by atoms with Crippen LogP contribution in [-0.4, -0.2) is 32.8 Å². The second-order valence-corrected chi connectivity index (χ2v) is 6.43. The predicted molar refractivity (Wildman–Crippen MR) is 69.2 cm³/mol. The van der Waals surface area contributed by atoms with Gasteiger partial charge in [-0.3, -0.25) is 0 Å². The van der Waals surface area contributed by atoms with Gasteiger partial charge in [0, 0.05) is 0 Å². The Kier molecular flexibility index (Phi) is 4.37. The Balaban J connectivity index is 3.14. The van der Waals surface area contributed by atoms with Crippen molar-refractivity contribution in [2.24, 2.45) is 0 Å². The molecule has 1 aromatic carbocycles. The molecule has 0 spiro atoms. The highest BCUT2D eigenvalue weighted by molar-refractivity contribution is 7.89. The first-order chi connectivity index (χ1) is 8.22. The van der Waals surface area contributed by atoms with Crippen molar-refractivity contribution < 1.29 is 18.3 Å². The van der Waals surface area contributed by atoms with Gasteiger partial charge in [0.05, 0.1) is 24.2 Å². The zero-order valence-corrected chi connectivity index (χ0v) is 11.8. The molecule has 0 saturated heterocycles. The maximum absolute atomic E-state index is 12.2. The molecule has 0 saturated carbocycles. The van der Waals surface area contributed by atoms with E-state index in [1.807, 2.05) is 0 Å². The van der Waals surface area contributed by atoms with Crippen LogP contribution in [0.25, 0.3) is 0 Å². The molecule has 0 bridgehead atoms. The molecule has 2 N–H and O–H groups in total. The van der Waals surface area contributed by atoms with Crippen LogP contribution in [0.3, 0.4) is 0 Å². The monoisotopic (exact) mass is 273 g/mol. The highest BCUT2D eigenvalue weighted by Crippen LogP contribution is 2.22. The number of hydrogen-bond acceptors (Lipinski definition) is 4. The number of aliphatic hydroxyl groups is 1. The molecule has 6 heteroatoms. The van der Waals surface area contributed by atoms with Crippen molar-refractivity contribution in [3.05, 3.63) is 23.8 Å². The first-order valence-corrected chi connectivity index (χ1v) is 6.99. The number of methoxy groups -OCH3 is 1. The average molecular weight is 273 g/mol. The lowest BCUT2D eigenvalue weighted by molar-refractivity contribution is 0.208. The molecule has 0 amide bonds. The molecule has 1 rings (SSSR count). The third kappa shape index (κ3) is 3.44. The van der Waals surface area contributed by atoms with E-state index < -0.39 is 15.6 Å². The van der Waals surface area contributed by atoms with E-state index in [2.05, 4.69) is 4.72 Å². The molecular weight excluding hydrogens is 254 g/mol. The fourth-order valence-electron chi connectivity index (χ4n) is 1.50. The molecule has 1 aromatic rings. The van der Waals surface area contributed by atoms with Crippen molar-refractivity contribution >= 4 is 10.0 Å². The predicted octanol–water partition coefficient (Wildman–Crippen LogP) is 1.05. The maximum atomic E-state index is 12.2. The van der Waals surface area contributed by atoms with Gasteiger partial charge in [-0.2, -0.15) is 0 Å². The van der Waals surface area contributed by atoms with E-state index >= 15 is 0 Å². The second kappa shape index (κ2) is 5.26. The van der Waals surface area contributed by atoms with Crippen molar-refractivity contribution in [2.75, 3.05) is 13.7 Å². The van der Waals surface area contributed by atoms with E-state index in [9.17, 15) is 8.42 Å². The van der Waals surface area contributed by atoms with Gasteiger partial charge in [-0.1, -0.05) is 0 Å². The molecule has 0 unspecified atom stereocenters. The largest absolute Gasteiger partial charge is 0.497 e.